The Morgan fingerprint density at radius 1 is 1.62 bits per heavy atom. The maximum atomic E-state index is 11.0. The molecule has 0 radical (unpaired) electrons. The molecule has 0 aromatic carbocycles. The van der Waals surface area contributed by atoms with E-state index in [1.165, 1.54) is 0 Å². The molecule has 1 heterocycles. The van der Waals surface area contributed by atoms with Crippen molar-refractivity contribution < 1.29 is 9.90 Å². The van der Waals surface area contributed by atoms with Crippen molar-refractivity contribution in [2.45, 2.75) is 32.1 Å². The van der Waals surface area contributed by atoms with Crippen LogP contribution in [0.2, 0.25) is 0 Å². The monoisotopic (exact) mass is 222 g/mol. The number of hydrogen-bond acceptors (Lipinski definition) is 2. The van der Waals surface area contributed by atoms with Gasteiger partial charge in [-0.25, -0.2) is 4.98 Å². The normalized spacial score (nSPS) is 24.8. The van der Waals surface area contributed by atoms with Gasteiger partial charge in [-0.3, -0.25) is 4.79 Å². The van der Waals surface area contributed by atoms with Crippen molar-refractivity contribution in [3.8, 4) is 0 Å². The third-order valence-corrected chi connectivity index (χ3v) is 3.64. The quantitative estimate of drug-likeness (QED) is 0.845. The summed E-state index contributed by atoms with van der Waals surface area (Å²) in [5.74, 6) is 0.646. The highest BCUT2D eigenvalue weighted by molar-refractivity contribution is 5.70. The van der Waals surface area contributed by atoms with Crippen LogP contribution in [-0.4, -0.2) is 20.6 Å². The second-order valence-corrected chi connectivity index (χ2v) is 4.63. The minimum Gasteiger partial charge on any atom is -0.481 e. The van der Waals surface area contributed by atoms with Crippen LogP contribution in [0.25, 0.3) is 0 Å². The highest BCUT2D eigenvalue weighted by Gasteiger charge is 2.32. The summed E-state index contributed by atoms with van der Waals surface area (Å²) in [6.45, 7) is 0. The Morgan fingerprint density at radius 2 is 2.44 bits per heavy atom. The molecular formula is C12H18N2O2. The van der Waals surface area contributed by atoms with E-state index in [1.54, 1.807) is 6.20 Å². The molecule has 4 nitrogen and oxygen atoms in total. The van der Waals surface area contributed by atoms with Gasteiger partial charge in [0.05, 0.1) is 5.92 Å². The van der Waals surface area contributed by atoms with E-state index in [0.29, 0.717) is 5.92 Å². The van der Waals surface area contributed by atoms with Gasteiger partial charge in [-0.05, 0) is 25.2 Å². The number of hydrogen-bond donors (Lipinski definition) is 1. The number of aromatic nitrogens is 2. The first-order chi connectivity index (χ1) is 7.68. The summed E-state index contributed by atoms with van der Waals surface area (Å²) in [5.41, 5.74) is 0. The predicted molar refractivity (Wildman–Crippen MR) is 60.0 cm³/mol. The zero-order valence-corrected chi connectivity index (χ0v) is 9.59. The molecule has 0 bridgehead atoms. The van der Waals surface area contributed by atoms with Crippen LogP contribution in [0.3, 0.4) is 0 Å². The predicted octanol–water partition coefficient (Wildman–Crippen LogP) is 1.85. The summed E-state index contributed by atoms with van der Waals surface area (Å²) in [4.78, 5) is 15.3. The Kier molecular flexibility index (Phi) is 3.27. The van der Waals surface area contributed by atoms with Crippen molar-refractivity contribution >= 4 is 5.97 Å². The first kappa shape index (κ1) is 11.2. The second-order valence-electron chi connectivity index (χ2n) is 4.63. The van der Waals surface area contributed by atoms with E-state index in [-0.39, 0.29) is 5.92 Å². The van der Waals surface area contributed by atoms with Crippen molar-refractivity contribution in [2.24, 2.45) is 18.9 Å². The molecule has 88 valence electrons. The third kappa shape index (κ3) is 2.26. The minimum atomic E-state index is -0.623. The zero-order valence-electron chi connectivity index (χ0n) is 9.59. The van der Waals surface area contributed by atoms with Gasteiger partial charge in [0.15, 0.2) is 0 Å². The molecule has 0 aliphatic heterocycles. The molecule has 2 atom stereocenters. The molecule has 0 spiro atoms. The van der Waals surface area contributed by atoms with Crippen LogP contribution in [0.4, 0.5) is 0 Å². The molecule has 1 aliphatic carbocycles. The molecule has 1 fully saturated rings. The van der Waals surface area contributed by atoms with Gasteiger partial charge < -0.3 is 9.67 Å². The number of imidazole rings is 1. The van der Waals surface area contributed by atoms with Crippen molar-refractivity contribution in [1.82, 2.24) is 9.55 Å². The maximum Gasteiger partial charge on any atom is 0.306 e. The molecule has 0 saturated heterocycles. The molecule has 16 heavy (non-hydrogen) atoms. The van der Waals surface area contributed by atoms with Crippen LogP contribution < -0.4 is 0 Å². The Hall–Kier alpha value is -1.32. The Balaban J connectivity index is 1.90. The Labute approximate surface area is 95.3 Å². The average molecular weight is 222 g/mol. The van der Waals surface area contributed by atoms with Crippen LogP contribution in [0.15, 0.2) is 12.4 Å². The largest absolute Gasteiger partial charge is 0.481 e. The van der Waals surface area contributed by atoms with Crippen molar-refractivity contribution in [2.75, 3.05) is 0 Å². The summed E-state index contributed by atoms with van der Waals surface area (Å²) in [6, 6.07) is 0. The summed E-state index contributed by atoms with van der Waals surface area (Å²) in [5, 5.41) is 9.07. The lowest BCUT2D eigenvalue weighted by atomic mass is 9.91. The van der Waals surface area contributed by atoms with Gasteiger partial charge in [0.1, 0.15) is 5.82 Å². The molecule has 2 unspecified atom stereocenters. The lowest BCUT2D eigenvalue weighted by Crippen LogP contribution is -2.19. The van der Waals surface area contributed by atoms with E-state index in [9.17, 15) is 4.79 Å². The first-order valence-corrected chi connectivity index (χ1v) is 5.87. The summed E-state index contributed by atoms with van der Waals surface area (Å²) >= 11 is 0. The molecule has 1 aromatic heterocycles. The van der Waals surface area contributed by atoms with Gasteiger partial charge in [-0.2, -0.15) is 0 Å². The lowest BCUT2D eigenvalue weighted by Gasteiger charge is -2.15. The molecule has 2 rings (SSSR count). The van der Waals surface area contributed by atoms with Crippen LogP contribution in [-0.2, 0) is 18.3 Å². The van der Waals surface area contributed by atoms with Gasteiger partial charge in [0, 0.05) is 25.9 Å². The van der Waals surface area contributed by atoms with Gasteiger partial charge in [0.25, 0.3) is 0 Å². The van der Waals surface area contributed by atoms with Crippen molar-refractivity contribution in [1.29, 1.82) is 0 Å². The number of carboxylic acids is 1. The van der Waals surface area contributed by atoms with E-state index in [0.717, 1.165) is 37.9 Å². The SMILES string of the molecule is Cn1ccnc1CCC1CCCC1C(=O)O. The molecule has 1 saturated carbocycles. The Morgan fingerprint density at radius 3 is 3.06 bits per heavy atom. The molecule has 1 N–H and O–H groups in total. The van der Waals surface area contributed by atoms with Gasteiger partial charge in [-0.1, -0.05) is 6.42 Å². The van der Waals surface area contributed by atoms with Crippen molar-refractivity contribution in [3.05, 3.63) is 18.2 Å². The van der Waals surface area contributed by atoms with Crippen LogP contribution in [0, 0.1) is 11.8 Å². The number of carbonyl (C=O) groups is 1. The Bertz CT molecular complexity index is 373. The standard InChI is InChI=1S/C12H18N2O2/c1-14-8-7-13-11(14)6-5-9-3-2-4-10(9)12(15)16/h7-10H,2-6H2,1H3,(H,15,16). The van der Waals surface area contributed by atoms with E-state index in [1.807, 2.05) is 17.8 Å². The molecular weight excluding hydrogens is 204 g/mol. The van der Waals surface area contributed by atoms with Gasteiger partial charge in [-0.15, -0.1) is 0 Å². The first-order valence-electron chi connectivity index (χ1n) is 5.87. The van der Waals surface area contributed by atoms with Gasteiger partial charge in [0.2, 0.25) is 0 Å². The minimum absolute atomic E-state index is 0.125. The fourth-order valence-corrected chi connectivity index (χ4v) is 2.66. The average Bonchev–Trinajstić information content (AvgIpc) is 2.83. The number of aryl methyl sites for hydroxylation is 2. The van der Waals surface area contributed by atoms with Crippen LogP contribution in [0.1, 0.15) is 31.5 Å². The molecule has 1 aromatic rings. The highest BCUT2D eigenvalue weighted by Crippen LogP contribution is 2.34. The summed E-state index contributed by atoms with van der Waals surface area (Å²) in [7, 11) is 1.98. The van der Waals surface area contributed by atoms with Crippen molar-refractivity contribution in [3.63, 3.8) is 0 Å². The van der Waals surface area contributed by atoms with Crippen LogP contribution >= 0.6 is 0 Å². The van der Waals surface area contributed by atoms with E-state index in [4.69, 9.17) is 5.11 Å². The number of carboxylic acid groups (broad SMARTS) is 1. The fraction of sp³-hybridized carbons (Fsp3) is 0.667. The fourth-order valence-electron chi connectivity index (χ4n) is 2.66. The smallest absolute Gasteiger partial charge is 0.306 e. The zero-order chi connectivity index (χ0) is 11.5. The van der Waals surface area contributed by atoms with E-state index < -0.39 is 5.97 Å². The number of rotatable bonds is 4. The molecule has 0 amide bonds. The highest BCUT2D eigenvalue weighted by atomic mass is 16.4. The lowest BCUT2D eigenvalue weighted by molar-refractivity contribution is -0.143. The van der Waals surface area contributed by atoms with E-state index >= 15 is 0 Å². The number of nitrogens with zero attached hydrogens (tertiary/aromatic N) is 2. The second kappa shape index (κ2) is 4.68. The maximum absolute atomic E-state index is 11.0. The molecule has 1 aliphatic rings. The molecule has 4 heteroatoms. The summed E-state index contributed by atoms with van der Waals surface area (Å²) in [6.07, 6.45) is 8.52. The van der Waals surface area contributed by atoms with Gasteiger partial charge >= 0.3 is 5.97 Å². The topological polar surface area (TPSA) is 55.1 Å². The summed E-state index contributed by atoms with van der Waals surface area (Å²) < 4.78 is 2.00. The van der Waals surface area contributed by atoms with Crippen LogP contribution in [0.5, 0.6) is 0 Å². The number of aliphatic carboxylic acids is 1. The van der Waals surface area contributed by atoms with E-state index in [2.05, 4.69) is 4.98 Å². The third-order valence-electron chi connectivity index (χ3n) is 3.64.